The SMILES string of the molecule is O=C(Nc1ncc(Cc2ccc(Br)cc2)s1)c1cc(F)ccc1F. The Kier molecular flexibility index (Phi) is 5.01. The highest BCUT2D eigenvalue weighted by Gasteiger charge is 2.14. The zero-order valence-electron chi connectivity index (χ0n) is 12.2. The topological polar surface area (TPSA) is 42.0 Å². The van der Waals surface area contributed by atoms with Crippen LogP contribution in [0.2, 0.25) is 0 Å². The lowest BCUT2D eigenvalue weighted by atomic mass is 10.1. The molecule has 0 radical (unpaired) electrons. The van der Waals surface area contributed by atoms with Gasteiger partial charge in [0.05, 0.1) is 5.56 Å². The predicted octanol–water partition coefficient (Wildman–Crippen LogP) is 5.03. The summed E-state index contributed by atoms with van der Waals surface area (Å²) in [5.41, 5.74) is 0.760. The van der Waals surface area contributed by atoms with Crippen LogP contribution in [0.5, 0.6) is 0 Å². The molecule has 3 aromatic rings. The second-order valence-corrected chi connectivity index (χ2v) is 7.04. The van der Waals surface area contributed by atoms with Crippen molar-refractivity contribution in [2.24, 2.45) is 0 Å². The van der Waals surface area contributed by atoms with Gasteiger partial charge in [0.1, 0.15) is 11.6 Å². The van der Waals surface area contributed by atoms with E-state index in [0.29, 0.717) is 11.6 Å². The highest BCUT2D eigenvalue weighted by atomic mass is 79.9. The molecule has 1 amide bonds. The zero-order valence-corrected chi connectivity index (χ0v) is 14.6. The average Bonchev–Trinajstić information content (AvgIpc) is 2.99. The Labute approximate surface area is 149 Å². The molecule has 1 aromatic heterocycles. The van der Waals surface area contributed by atoms with Crippen LogP contribution in [0.4, 0.5) is 13.9 Å². The van der Waals surface area contributed by atoms with Crippen LogP contribution in [0, 0.1) is 11.6 Å². The van der Waals surface area contributed by atoms with Crippen molar-refractivity contribution in [3.63, 3.8) is 0 Å². The first kappa shape index (κ1) is 16.7. The lowest BCUT2D eigenvalue weighted by molar-refractivity contribution is 0.102. The number of anilines is 1. The molecule has 2 aromatic carbocycles. The van der Waals surface area contributed by atoms with Gasteiger partial charge in [0.15, 0.2) is 5.13 Å². The van der Waals surface area contributed by atoms with Gasteiger partial charge in [-0.25, -0.2) is 13.8 Å². The molecule has 7 heteroatoms. The molecule has 0 saturated heterocycles. The maximum absolute atomic E-state index is 13.6. The summed E-state index contributed by atoms with van der Waals surface area (Å²) in [4.78, 5) is 17.1. The van der Waals surface area contributed by atoms with Gasteiger partial charge in [-0.3, -0.25) is 10.1 Å². The number of carbonyl (C=O) groups is 1. The number of amides is 1. The number of nitrogens with one attached hydrogen (secondary N) is 1. The number of thiazole rings is 1. The Morgan fingerprint density at radius 2 is 1.92 bits per heavy atom. The van der Waals surface area contributed by atoms with Crippen LogP contribution in [0.1, 0.15) is 20.8 Å². The van der Waals surface area contributed by atoms with E-state index in [1.165, 1.54) is 11.3 Å². The largest absolute Gasteiger partial charge is 0.298 e. The third-order valence-corrected chi connectivity index (χ3v) is 4.68. The molecule has 3 nitrogen and oxygen atoms in total. The summed E-state index contributed by atoms with van der Waals surface area (Å²) < 4.78 is 27.8. The quantitative estimate of drug-likeness (QED) is 0.657. The van der Waals surface area contributed by atoms with Gasteiger partial charge in [-0.05, 0) is 35.9 Å². The molecule has 0 fully saturated rings. The molecule has 0 aliphatic heterocycles. The minimum absolute atomic E-state index is 0.343. The number of aromatic nitrogens is 1. The van der Waals surface area contributed by atoms with Gasteiger partial charge in [-0.15, -0.1) is 11.3 Å². The molecule has 0 unspecified atom stereocenters. The summed E-state index contributed by atoms with van der Waals surface area (Å²) in [5.74, 6) is -2.17. The summed E-state index contributed by atoms with van der Waals surface area (Å²) in [6, 6.07) is 10.6. The Hall–Kier alpha value is -2.12. The average molecular weight is 409 g/mol. The summed E-state index contributed by atoms with van der Waals surface area (Å²) in [5, 5.41) is 2.84. The van der Waals surface area contributed by atoms with Crippen LogP contribution in [-0.4, -0.2) is 10.9 Å². The van der Waals surface area contributed by atoms with Gasteiger partial charge in [-0.2, -0.15) is 0 Å². The highest BCUT2D eigenvalue weighted by molar-refractivity contribution is 9.10. The minimum atomic E-state index is -0.777. The molecular weight excluding hydrogens is 398 g/mol. The Morgan fingerprint density at radius 1 is 1.17 bits per heavy atom. The number of rotatable bonds is 4. The maximum atomic E-state index is 13.6. The van der Waals surface area contributed by atoms with Gasteiger partial charge in [0.25, 0.3) is 5.91 Å². The lowest BCUT2D eigenvalue weighted by Gasteiger charge is -2.03. The maximum Gasteiger partial charge on any atom is 0.260 e. The standard InChI is InChI=1S/C17H11BrF2N2OS/c18-11-3-1-10(2-4-11)7-13-9-21-17(24-13)22-16(23)14-8-12(19)5-6-15(14)20/h1-6,8-9H,7H2,(H,21,22,23). The summed E-state index contributed by atoms with van der Waals surface area (Å²) >= 11 is 4.67. The van der Waals surface area contributed by atoms with E-state index in [2.05, 4.69) is 26.2 Å². The minimum Gasteiger partial charge on any atom is -0.298 e. The first-order valence-corrected chi connectivity index (χ1v) is 8.58. The van der Waals surface area contributed by atoms with Crippen molar-refractivity contribution in [3.8, 4) is 0 Å². The third kappa shape index (κ3) is 4.04. The van der Waals surface area contributed by atoms with E-state index >= 15 is 0 Å². The van der Waals surface area contributed by atoms with Gasteiger partial charge in [-0.1, -0.05) is 28.1 Å². The van der Waals surface area contributed by atoms with Crippen molar-refractivity contribution >= 4 is 38.3 Å². The summed E-state index contributed by atoms with van der Waals surface area (Å²) in [6.45, 7) is 0. The van der Waals surface area contributed by atoms with E-state index < -0.39 is 17.5 Å². The summed E-state index contributed by atoms with van der Waals surface area (Å²) in [6.07, 6.45) is 2.33. The number of hydrogen-bond donors (Lipinski definition) is 1. The number of carbonyl (C=O) groups excluding carboxylic acids is 1. The second kappa shape index (κ2) is 7.19. The van der Waals surface area contributed by atoms with E-state index in [-0.39, 0.29) is 5.56 Å². The van der Waals surface area contributed by atoms with Crippen LogP contribution >= 0.6 is 27.3 Å². The van der Waals surface area contributed by atoms with Crippen molar-refractivity contribution in [3.05, 3.63) is 80.8 Å². The fourth-order valence-corrected chi connectivity index (χ4v) is 3.19. The lowest BCUT2D eigenvalue weighted by Crippen LogP contribution is -2.13. The first-order valence-electron chi connectivity index (χ1n) is 6.97. The van der Waals surface area contributed by atoms with E-state index in [9.17, 15) is 13.6 Å². The molecule has 1 heterocycles. The molecule has 0 aliphatic carbocycles. The third-order valence-electron chi connectivity index (χ3n) is 3.24. The van der Waals surface area contributed by atoms with Crippen LogP contribution in [-0.2, 0) is 6.42 Å². The Balaban J connectivity index is 1.70. The molecular formula is C17H11BrF2N2OS. The monoisotopic (exact) mass is 408 g/mol. The number of hydrogen-bond acceptors (Lipinski definition) is 3. The fraction of sp³-hybridized carbons (Fsp3) is 0.0588. The highest BCUT2D eigenvalue weighted by Crippen LogP contribution is 2.23. The number of halogens is 3. The van der Waals surface area contributed by atoms with Crippen molar-refractivity contribution in [1.82, 2.24) is 4.98 Å². The molecule has 0 spiro atoms. The molecule has 3 rings (SSSR count). The van der Waals surface area contributed by atoms with E-state index in [4.69, 9.17) is 0 Å². The van der Waals surface area contributed by atoms with Gasteiger partial charge in [0, 0.05) is 22.0 Å². The van der Waals surface area contributed by atoms with Crippen molar-refractivity contribution in [1.29, 1.82) is 0 Å². The molecule has 122 valence electrons. The van der Waals surface area contributed by atoms with Gasteiger partial charge < -0.3 is 0 Å². The van der Waals surface area contributed by atoms with Crippen LogP contribution in [0.3, 0.4) is 0 Å². The molecule has 0 bridgehead atoms. The summed E-state index contributed by atoms with van der Waals surface area (Å²) in [7, 11) is 0. The molecule has 24 heavy (non-hydrogen) atoms. The molecule has 1 N–H and O–H groups in total. The van der Waals surface area contributed by atoms with E-state index in [0.717, 1.165) is 33.1 Å². The predicted molar refractivity (Wildman–Crippen MR) is 93.4 cm³/mol. The van der Waals surface area contributed by atoms with Gasteiger partial charge in [0.2, 0.25) is 0 Å². The van der Waals surface area contributed by atoms with Crippen LogP contribution in [0.25, 0.3) is 0 Å². The molecule has 0 aliphatic rings. The first-order chi connectivity index (χ1) is 11.5. The van der Waals surface area contributed by atoms with Gasteiger partial charge >= 0.3 is 0 Å². The van der Waals surface area contributed by atoms with E-state index in [1.54, 1.807) is 6.20 Å². The normalized spacial score (nSPS) is 10.6. The van der Waals surface area contributed by atoms with Crippen molar-refractivity contribution in [2.75, 3.05) is 5.32 Å². The number of nitrogens with zero attached hydrogens (tertiary/aromatic N) is 1. The second-order valence-electron chi connectivity index (χ2n) is 5.01. The van der Waals surface area contributed by atoms with Crippen molar-refractivity contribution in [2.45, 2.75) is 6.42 Å². The van der Waals surface area contributed by atoms with Crippen LogP contribution < -0.4 is 5.32 Å². The van der Waals surface area contributed by atoms with E-state index in [1.807, 2.05) is 24.3 Å². The number of benzene rings is 2. The fourth-order valence-electron chi connectivity index (χ4n) is 2.09. The Morgan fingerprint density at radius 3 is 2.67 bits per heavy atom. The molecule has 0 saturated carbocycles. The smallest absolute Gasteiger partial charge is 0.260 e. The van der Waals surface area contributed by atoms with Crippen molar-refractivity contribution < 1.29 is 13.6 Å². The zero-order chi connectivity index (χ0) is 17.1. The van der Waals surface area contributed by atoms with Crippen LogP contribution in [0.15, 0.2) is 53.1 Å². The molecule has 0 atom stereocenters. The Bertz CT molecular complexity index is 881.